The minimum absolute atomic E-state index is 0.0688. The number of aromatic nitrogens is 1. The Balaban J connectivity index is 1.56. The summed E-state index contributed by atoms with van der Waals surface area (Å²) in [5, 5.41) is 9.67. The number of H-pyrrole nitrogens is 1. The predicted molar refractivity (Wildman–Crippen MR) is 110 cm³/mol. The van der Waals surface area contributed by atoms with Crippen LogP contribution < -0.4 is 21.5 Å². The first-order valence-corrected chi connectivity index (χ1v) is 10.3. The van der Waals surface area contributed by atoms with E-state index < -0.39 is 5.54 Å². The van der Waals surface area contributed by atoms with Gasteiger partial charge in [-0.15, -0.1) is 0 Å². The number of carbonyl (C=O) groups is 1. The summed E-state index contributed by atoms with van der Waals surface area (Å²) >= 11 is 0. The molecule has 1 amide bonds. The van der Waals surface area contributed by atoms with Crippen LogP contribution in [0.2, 0.25) is 0 Å². The monoisotopic (exact) mass is 401 g/mol. The highest BCUT2D eigenvalue weighted by atomic mass is 19.1. The third-order valence-electron chi connectivity index (χ3n) is 6.33. The van der Waals surface area contributed by atoms with Crippen molar-refractivity contribution in [1.82, 2.24) is 20.5 Å². The van der Waals surface area contributed by atoms with E-state index in [9.17, 15) is 14.0 Å². The Morgan fingerprint density at radius 2 is 2.17 bits per heavy atom. The first-order valence-electron chi connectivity index (χ1n) is 10.3. The summed E-state index contributed by atoms with van der Waals surface area (Å²) in [6, 6.07) is 3.39. The van der Waals surface area contributed by atoms with E-state index in [1.807, 2.05) is 13.8 Å². The average molecular weight is 401 g/mol. The number of fused-ring (bicyclic) bond motifs is 1. The van der Waals surface area contributed by atoms with Gasteiger partial charge in [-0.25, -0.2) is 4.39 Å². The zero-order valence-electron chi connectivity index (χ0n) is 16.8. The van der Waals surface area contributed by atoms with Crippen LogP contribution in [0.3, 0.4) is 0 Å². The number of hydrogen-bond acceptors (Lipinski definition) is 5. The van der Waals surface area contributed by atoms with Crippen molar-refractivity contribution in [3.63, 3.8) is 0 Å². The zero-order valence-corrected chi connectivity index (χ0v) is 16.8. The summed E-state index contributed by atoms with van der Waals surface area (Å²) in [7, 11) is 0. The minimum Gasteiger partial charge on any atom is -0.384 e. The number of hydrogen-bond donors (Lipinski definition) is 4. The van der Waals surface area contributed by atoms with Crippen molar-refractivity contribution in [2.24, 2.45) is 5.92 Å². The molecule has 0 saturated carbocycles. The van der Waals surface area contributed by atoms with Crippen LogP contribution in [-0.4, -0.2) is 47.0 Å². The maximum atomic E-state index is 14.4. The van der Waals surface area contributed by atoms with Gasteiger partial charge in [0, 0.05) is 49.4 Å². The number of rotatable bonds is 5. The highest BCUT2D eigenvalue weighted by Gasteiger charge is 2.55. The van der Waals surface area contributed by atoms with Gasteiger partial charge in [-0.05, 0) is 45.4 Å². The summed E-state index contributed by atoms with van der Waals surface area (Å²) in [6.07, 6.45) is 5.30. The number of carbonyl (C=O) groups excluding carboxylic acids is 1. The number of aromatic amines is 1. The number of piperidine rings is 1. The van der Waals surface area contributed by atoms with Gasteiger partial charge in [-0.3, -0.25) is 14.5 Å². The maximum Gasteiger partial charge on any atom is 0.248 e. The minimum atomic E-state index is -0.799. The number of anilines is 1. The van der Waals surface area contributed by atoms with E-state index in [0.29, 0.717) is 18.8 Å². The van der Waals surface area contributed by atoms with Crippen molar-refractivity contribution in [2.75, 3.05) is 25.0 Å². The van der Waals surface area contributed by atoms with E-state index in [4.69, 9.17) is 0 Å². The molecule has 1 aromatic heterocycles. The average Bonchev–Trinajstić information content (AvgIpc) is 2.96. The first-order chi connectivity index (χ1) is 13.9. The number of allylic oxidation sites excluding steroid dienone is 2. The van der Waals surface area contributed by atoms with Gasteiger partial charge in [0.15, 0.2) is 0 Å². The fourth-order valence-corrected chi connectivity index (χ4v) is 4.77. The van der Waals surface area contributed by atoms with E-state index in [0.717, 1.165) is 30.8 Å². The Morgan fingerprint density at radius 3 is 2.90 bits per heavy atom. The van der Waals surface area contributed by atoms with Crippen LogP contribution in [0.1, 0.15) is 33.1 Å². The van der Waals surface area contributed by atoms with Gasteiger partial charge < -0.3 is 20.9 Å². The molecule has 1 aliphatic carbocycles. The van der Waals surface area contributed by atoms with Crippen molar-refractivity contribution in [3.05, 3.63) is 52.0 Å². The number of likely N-dealkylation sites (tertiary alicyclic amines) is 1. The van der Waals surface area contributed by atoms with Gasteiger partial charge in [-0.2, -0.15) is 0 Å². The summed E-state index contributed by atoms with van der Waals surface area (Å²) < 4.78 is 14.4. The van der Waals surface area contributed by atoms with Gasteiger partial charge in [0.05, 0.1) is 11.4 Å². The van der Waals surface area contributed by atoms with E-state index in [-0.39, 0.29) is 35.7 Å². The lowest BCUT2D eigenvalue weighted by Crippen LogP contribution is -2.59. The predicted octanol–water partition coefficient (Wildman–Crippen LogP) is 1.83. The summed E-state index contributed by atoms with van der Waals surface area (Å²) in [5.41, 5.74) is 1.39. The normalized spacial score (nSPS) is 29.9. The molecule has 2 fully saturated rings. The Kier molecular flexibility index (Phi) is 5.21. The topological polar surface area (TPSA) is 89.3 Å². The van der Waals surface area contributed by atoms with Crippen LogP contribution in [0.15, 0.2) is 46.4 Å². The molecule has 7 nitrogen and oxygen atoms in total. The Morgan fingerprint density at radius 1 is 1.34 bits per heavy atom. The lowest BCUT2D eigenvalue weighted by atomic mass is 9.78. The fraction of sp³-hybridized carbons (Fsp3) is 0.524. The Labute approximate surface area is 169 Å². The number of amides is 1. The summed E-state index contributed by atoms with van der Waals surface area (Å²) in [5.74, 6) is -0.501. The molecule has 4 N–H and O–H groups in total. The van der Waals surface area contributed by atoms with Crippen LogP contribution in [0.25, 0.3) is 0 Å². The lowest BCUT2D eigenvalue weighted by Gasteiger charge is -2.45. The third kappa shape index (κ3) is 3.57. The van der Waals surface area contributed by atoms with Gasteiger partial charge in [0.2, 0.25) is 11.5 Å². The van der Waals surface area contributed by atoms with E-state index in [1.165, 1.54) is 12.1 Å². The number of halogens is 1. The highest BCUT2D eigenvalue weighted by Crippen LogP contribution is 2.44. The largest absolute Gasteiger partial charge is 0.384 e. The summed E-state index contributed by atoms with van der Waals surface area (Å²) in [4.78, 5) is 29.2. The molecule has 1 aromatic rings. The van der Waals surface area contributed by atoms with Crippen LogP contribution in [-0.2, 0) is 4.79 Å². The molecule has 2 unspecified atom stereocenters. The molecule has 2 saturated heterocycles. The fourth-order valence-electron chi connectivity index (χ4n) is 4.77. The van der Waals surface area contributed by atoms with Crippen LogP contribution >= 0.6 is 0 Å². The first kappa shape index (κ1) is 19.7. The molecule has 3 heterocycles. The molecule has 8 heteroatoms. The van der Waals surface area contributed by atoms with Crippen molar-refractivity contribution in [1.29, 1.82) is 0 Å². The number of nitrogens with zero attached hydrogens (tertiary/aromatic N) is 1. The Hall–Kier alpha value is -2.61. The van der Waals surface area contributed by atoms with Crippen molar-refractivity contribution < 1.29 is 9.18 Å². The molecule has 3 atom stereocenters. The van der Waals surface area contributed by atoms with Crippen LogP contribution in [0.4, 0.5) is 10.1 Å². The molecule has 156 valence electrons. The third-order valence-corrected chi connectivity index (χ3v) is 6.33. The molecule has 29 heavy (non-hydrogen) atoms. The Bertz CT molecular complexity index is 903. The second-order valence-corrected chi connectivity index (χ2v) is 8.18. The van der Waals surface area contributed by atoms with Crippen molar-refractivity contribution in [2.45, 2.75) is 44.7 Å². The van der Waals surface area contributed by atoms with Gasteiger partial charge in [-0.1, -0.05) is 0 Å². The maximum absolute atomic E-state index is 14.4. The molecule has 0 aromatic carbocycles. The zero-order chi connectivity index (χ0) is 20.6. The standard InChI is InChI=1S/C21H28FN5O2/c1-3-23-17-10-13(22)9-16-19(17)26-20(29)21(16,2)27-8-4-5-15(12-27)25-14-6-7-18(28)24-11-14/h6-7,10-11,15-16,23,25H,3-5,8-9,12H2,1-2H3,(H,24,28)(H,26,29)/t15-,16?,21?/m1/s1. The van der Waals surface area contributed by atoms with Gasteiger partial charge in [0.1, 0.15) is 11.4 Å². The molecular formula is C21H28FN5O2. The highest BCUT2D eigenvalue weighted by molar-refractivity contribution is 5.92. The van der Waals surface area contributed by atoms with E-state index in [1.54, 1.807) is 12.3 Å². The molecule has 0 bridgehead atoms. The summed E-state index contributed by atoms with van der Waals surface area (Å²) in [6.45, 7) is 6.02. The molecule has 0 spiro atoms. The molecule has 0 radical (unpaired) electrons. The number of nitrogens with one attached hydrogen (secondary N) is 4. The molecule has 3 aliphatic rings. The van der Waals surface area contributed by atoms with Gasteiger partial charge >= 0.3 is 0 Å². The molecule has 4 rings (SSSR count). The van der Waals surface area contributed by atoms with Crippen LogP contribution in [0, 0.1) is 5.92 Å². The quantitative estimate of drug-likeness (QED) is 0.605. The lowest BCUT2D eigenvalue weighted by molar-refractivity contribution is -0.131. The van der Waals surface area contributed by atoms with E-state index in [2.05, 4.69) is 25.8 Å². The van der Waals surface area contributed by atoms with Crippen molar-refractivity contribution >= 4 is 11.6 Å². The second kappa shape index (κ2) is 7.67. The number of pyridine rings is 1. The number of likely N-dealkylation sites (N-methyl/N-ethyl adjacent to an activating group) is 1. The van der Waals surface area contributed by atoms with Crippen molar-refractivity contribution in [3.8, 4) is 0 Å². The molecule has 2 aliphatic heterocycles. The molecular weight excluding hydrogens is 373 g/mol. The SMILES string of the molecule is CCNC1=C2NC(=O)C(C)(N3CCC[C@@H](Nc4ccc(=O)[nH]c4)C3)C2CC(F)=C1. The van der Waals surface area contributed by atoms with Gasteiger partial charge in [0.25, 0.3) is 0 Å². The smallest absolute Gasteiger partial charge is 0.248 e. The second-order valence-electron chi connectivity index (χ2n) is 8.18. The van der Waals surface area contributed by atoms with Crippen LogP contribution in [0.5, 0.6) is 0 Å². The van der Waals surface area contributed by atoms with E-state index >= 15 is 0 Å².